The molecule has 0 aliphatic heterocycles. The van der Waals surface area contributed by atoms with Gasteiger partial charge in [-0.25, -0.2) is 8.42 Å². The SMILES string of the molecule is CCOc1ccc(S(=O)(=O)N(CC(=O)Nc2c(C)cc(Br)cc2CC)C2CCCCC2)cc1. The van der Waals surface area contributed by atoms with E-state index < -0.39 is 10.0 Å². The minimum atomic E-state index is -3.84. The van der Waals surface area contributed by atoms with Crippen molar-refractivity contribution < 1.29 is 17.9 Å². The van der Waals surface area contributed by atoms with Gasteiger partial charge in [0.1, 0.15) is 5.75 Å². The van der Waals surface area contributed by atoms with Gasteiger partial charge in [-0.1, -0.05) is 42.1 Å². The predicted octanol–water partition coefficient (Wildman–Crippen LogP) is 5.68. The normalized spacial score (nSPS) is 14.9. The van der Waals surface area contributed by atoms with Crippen LogP contribution in [-0.4, -0.2) is 37.8 Å². The van der Waals surface area contributed by atoms with Gasteiger partial charge < -0.3 is 10.1 Å². The first-order valence-electron chi connectivity index (χ1n) is 11.6. The maximum absolute atomic E-state index is 13.6. The van der Waals surface area contributed by atoms with E-state index in [0.717, 1.165) is 59.8 Å². The third-order valence-electron chi connectivity index (χ3n) is 6.05. The monoisotopic (exact) mass is 536 g/mol. The molecule has 6 nitrogen and oxygen atoms in total. The third kappa shape index (κ3) is 6.37. The zero-order valence-electron chi connectivity index (χ0n) is 19.6. The van der Waals surface area contributed by atoms with Crippen molar-refractivity contribution >= 4 is 37.5 Å². The smallest absolute Gasteiger partial charge is 0.243 e. The molecule has 2 aromatic carbocycles. The summed E-state index contributed by atoms with van der Waals surface area (Å²) in [6.07, 6.45) is 5.31. The Kier molecular flexibility index (Phi) is 8.95. The Bertz CT molecular complexity index is 1060. The second-order valence-corrected chi connectivity index (χ2v) is 11.2. The molecule has 8 heteroatoms. The average Bonchev–Trinajstić information content (AvgIpc) is 2.80. The van der Waals surface area contributed by atoms with E-state index in [-0.39, 0.29) is 23.4 Å². The van der Waals surface area contributed by atoms with Gasteiger partial charge in [-0.2, -0.15) is 4.31 Å². The third-order valence-corrected chi connectivity index (χ3v) is 8.42. The lowest BCUT2D eigenvalue weighted by molar-refractivity contribution is -0.116. The highest BCUT2D eigenvalue weighted by Crippen LogP contribution is 2.30. The molecule has 1 N–H and O–H groups in total. The van der Waals surface area contributed by atoms with Crippen LogP contribution in [0.25, 0.3) is 0 Å². The van der Waals surface area contributed by atoms with Crippen molar-refractivity contribution in [1.82, 2.24) is 4.31 Å². The molecule has 1 amide bonds. The summed E-state index contributed by atoms with van der Waals surface area (Å²) in [5.74, 6) is 0.298. The van der Waals surface area contributed by atoms with Crippen LogP contribution in [0.4, 0.5) is 5.69 Å². The Hall–Kier alpha value is -1.90. The van der Waals surface area contributed by atoms with Gasteiger partial charge in [0, 0.05) is 16.2 Å². The van der Waals surface area contributed by atoms with Crippen molar-refractivity contribution in [3.05, 3.63) is 52.0 Å². The molecule has 0 unspecified atom stereocenters. The van der Waals surface area contributed by atoms with Crippen molar-refractivity contribution in [2.24, 2.45) is 0 Å². The molecule has 1 saturated carbocycles. The average molecular weight is 538 g/mol. The van der Waals surface area contributed by atoms with Crippen LogP contribution >= 0.6 is 15.9 Å². The number of nitrogens with one attached hydrogen (secondary N) is 1. The number of aryl methyl sites for hydroxylation is 2. The number of ether oxygens (including phenoxy) is 1. The molecule has 0 spiro atoms. The van der Waals surface area contributed by atoms with Crippen LogP contribution < -0.4 is 10.1 Å². The van der Waals surface area contributed by atoms with Gasteiger partial charge in [-0.3, -0.25) is 4.79 Å². The molecule has 1 aliphatic carbocycles. The molecule has 1 fully saturated rings. The topological polar surface area (TPSA) is 75.7 Å². The van der Waals surface area contributed by atoms with Crippen LogP contribution in [-0.2, 0) is 21.2 Å². The largest absolute Gasteiger partial charge is 0.494 e. The number of amides is 1. The number of halogens is 1. The molecule has 0 bridgehead atoms. The molecular weight excluding hydrogens is 504 g/mol. The van der Waals surface area contributed by atoms with Crippen LogP contribution in [0.3, 0.4) is 0 Å². The summed E-state index contributed by atoms with van der Waals surface area (Å²) >= 11 is 3.50. The number of nitrogens with zero attached hydrogens (tertiary/aromatic N) is 1. The fourth-order valence-corrected chi connectivity index (χ4v) is 6.64. The zero-order chi connectivity index (χ0) is 24.0. The van der Waals surface area contributed by atoms with Crippen LogP contribution in [0.2, 0.25) is 0 Å². The number of hydrogen-bond acceptors (Lipinski definition) is 4. The molecule has 0 aromatic heterocycles. The molecule has 3 rings (SSSR count). The fourth-order valence-electron chi connectivity index (χ4n) is 4.38. The Morgan fingerprint density at radius 3 is 2.39 bits per heavy atom. The van der Waals surface area contributed by atoms with Crippen LogP contribution in [0.5, 0.6) is 5.75 Å². The second kappa shape index (κ2) is 11.5. The van der Waals surface area contributed by atoms with Gasteiger partial charge in [-0.15, -0.1) is 0 Å². The Morgan fingerprint density at radius 2 is 1.79 bits per heavy atom. The first kappa shape index (κ1) is 25.7. The molecule has 2 aromatic rings. The van der Waals surface area contributed by atoms with Crippen LogP contribution in [0.1, 0.15) is 57.1 Å². The first-order chi connectivity index (χ1) is 15.8. The van der Waals surface area contributed by atoms with Crippen LogP contribution in [0.15, 0.2) is 45.8 Å². The number of carbonyl (C=O) groups is 1. The van der Waals surface area contributed by atoms with E-state index in [1.54, 1.807) is 24.3 Å². The second-order valence-electron chi connectivity index (χ2n) is 8.41. The maximum atomic E-state index is 13.6. The maximum Gasteiger partial charge on any atom is 0.243 e. The van der Waals surface area contributed by atoms with E-state index in [1.165, 1.54) is 4.31 Å². The van der Waals surface area contributed by atoms with E-state index in [9.17, 15) is 13.2 Å². The van der Waals surface area contributed by atoms with E-state index in [4.69, 9.17) is 4.74 Å². The fraction of sp³-hybridized carbons (Fsp3) is 0.480. The number of benzene rings is 2. The lowest BCUT2D eigenvalue weighted by Crippen LogP contribution is -2.45. The Morgan fingerprint density at radius 1 is 1.12 bits per heavy atom. The van der Waals surface area contributed by atoms with Gasteiger partial charge >= 0.3 is 0 Å². The lowest BCUT2D eigenvalue weighted by Gasteiger charge is -2.33. The number of carbonyl (C=O) groups excluding carboxylic acids is 1. The van der Waals surface area contributed by atoms with Gasteiger partial charge in [0.15, 0.2) is 0 Å². The summed E-state index contributed by atoms with van der Waals surface area (Å²) in [6.45, 7) is 6.15. The molecule has 1 aliphatic rings. The van der Waals surface area contributed by atoms with Crippen LogP contribution in [0, 0.1) is 6.92 Å². The highest BCUT2D eigenvalue weighted by Gasteiger charge is 2.34. The molecular formula is C25H33BrN2O4S. The summed E-state index contributed by atoms with van der Waals surface area (Å²) in [5.41, 5.74) is 2.70. The van der Waals surface area contributed by atoms with E-state index >= 15 is 0 Å². The zero-order valence-corrected chi connectivity index (χ0v) is 22.0. The standard InChI is InChI=1S/C25H33BrN2O4S/c1-4-19-16-20(26)15-18(3)25(19)27-24(29)17-28(21-9-7-6-8-10-21)33(30,31)23-13-11-22(12-14-23)32-5-2/h11-16,21H,4-10,17H2,1-3H3,(H,27,29). The van der Waals surface area contributed by atoms with Gasteiger partial charge in [0.25, 0.3) is 0 Å². The van der Waals surface area contributed by atoms with Gasteiger partial charge in [-0.05, 0) is 80.6 Å². The van der Waals surface area contributed by atoms with E-state index in [1.807, 2.05) is 32.9 Å². The predicted molar refractivity (Wildman–Crippen MR) is 135 cm³/mol. The quantitative estimate of drug-likeness (QED) is 0.447. The lowest BCUT2D eigenvalue weighted by atomic mass is 9.95. The van der Waals surface area contributed by atoms with Crippen molar-refractivity contribution in [3.8, 4) is 5.75 Å². The first-order valence-corrected chi connectivity index (χ1v) is 13.8. The summed E-state index contributed by atoms with van der Waals surface area (Å²) in [7, 11) is -3.84. The molecule has 0 saturated heterocycles. The summed E-state index contributed by atoms with van der Waals surface area (Å²) < 4.78 is 35.0. The minimum Gasteiger partial charge on any atom is -0.494 e. The van der Waals surface area contributed by atoms with E-state index in [2.05, 4.69) is 21.2 Å². The molecule has 0 heterocycles. The molecule has 0 radical (unpaired) electrons. The van der Waals surface area contributed by atoms with E-state index in [0.29, 0.717) is 12.4 Å². The number of rotatable bonds is 9. The Labute approximate surface area is 205 Å². The Balaban J connectivity index is 1.87. The summed E-state index contributed by atoms with van der Waals surface area (Å²) in [5, 5.41) is 2.99. The van der Waals surface area contributed by atoms with Gasteiger partial charge in [0.2, 0.25) is 15.9 Å². The minimum absolute atomic E-state index is 0.179. The van der Waals surface area contributed by atoms with Gasteiger partial charge in [0.05, 0.1) is 18.0 Å². The molecule has 180 valence electrons. The highest BCUT2D eigenvalue weighted by atomic mass is 79.9. The molecule has 33 heavy (non-hydrogen) atoms. The number of anilines is 1. The molecule has 0 atom stereocenters. The number of hydrogen-bond donors (Lipinski definition) is 1. The van der Waals surface area contributed by atoms with Crippen molar-refractivity contribution in [2.45, 2.75) is 70.2 Å². The van der Waals surface area contributed by atoms with Crippen molar-refractivity contribution in [2.75, 3.05) is 18.5 Å². The summed E-state index contributed by atoms with van der Waals surface area (Å²) in [4.78, 5) is 13.3. The number of sulfonamides is 1. The van der Waals surface area contributed by atoms with Crippen molar-refractivity contribution in [1.29, 1.82) is 0 Å². The summed E-state index contributed by atoms with van der Waals surface area (Å²) in [6, 6.07) is 10.2. The highest BCUT2D eigenvalue weighted by molar-refractivity contribution is 9.10. The van der Waals surface area contributed by atoms with Crippen molar-refractivity contribution in [3.63, 3.8) is 0 Å².